The molecule has 0 spiro atoms. The van der Waals surface area contributed by atoms with Gasteiger partial charge in [-0.2, -0.15) is 0 Å². The first kappa shape index (κ1) is 14.7. The fourth-order valence-corrected chi connectivity index (χ4v) is 1.64. The van der Waals surface area contributed by atoms with Crippen molar-refractivity contribution in [2.24, 2.45) is 0 Å². The van der Waals surface area contributed by atoms with Crippen LogP contribution in [0.5, 0.6) is 0 Å². The number of hydrogen-bond donors (Lipinski definition) is 2. The van der Waals surface area contributed by atoms with Gasteiger partial charge in [0.2, 0.25) is 0 Å². The summed E-state index contributed by atoms with van der Waals surface area (Å²) in [6.45, 7) is 5.06. The van der Waals surface area contributed by atoms with Crippen molar-refractivity contribution in [2.75, 3.05) is 43.9 Å². The second-order valence-electron chi connectivity index (χ2n) is 4.42. The summed E-state index contributed by atoms with van der Waals surface area (Å²) in [5.41, 5.74) is 0. The van der Waals surface area contributed by atoms with E-state index in [0.717, 1.165) is 31.3 Å². The predicted molar refractivity (Wildman–Crippen MR) is 77.2 cm³/mol. The van der Waals surface area contributed by atoms with Crippen molar-refractivity contribution in [2.45, 2.75) is 26.2 Å². The van der Waals surface area contributed by atoms with Gasteiger partial charge in [-0.05, 0) is 13.5 Å². The molecule has 1 rings (SSSR count). The predicted octanol–water partition coefficient (Wildman–Crippen LogP) is 1.73. The van der Waals surface area contributed by atoms with E-state index in [4.69, 9.17) is 0 Å². The number of unbranched alkanes of at least 4 members (excludes halogenated alkanes) is 2. The van der Waals surface area contributed by atoms with E-state index in [-0.39, 0.29) is 0 Å². The molecule has 0 bridgehead atoms. The van der Waals surface area contributed by atoms with E-state index < -0.39 is 0 Å². The molecule has 5 nitrogen and oxygen atoms in total. The van der Waals surface area contributed by atoms with Gasteiger partial charge in [0.1, 0.15) is 18.0 Å². The topological polar surface area (TPSA) is 53.1 Å². The van der Waals surface area contributed by atoms with Gasteiger partial charge in [-0.3, -0.25) is 0 Å². The molecule has 0 saturated carbocycles. The van der Waals surface area contributed by atoms with Gasteiger partial charge in [0, 0.05) is 32.7 Å². The van der Waals surface area contributed by atoms with Crippen LogP contribution in [-0.4, -0.2) is 43.7 Å². The van der Waals surface area contributed by atoms with Gasteiger partial charge < -0.3 is 15.5 Å². The third-order valence-electron chi connectivity index (χ3n) is 2.83. The summed E-state index contributed by atoms with van der Waals surface area (Å²) in [4.78, 5) is 10.6. The van der Waals surface area contributed by atoms with Crippen LogP contribution in [0.1, 0.15) is 26.2 Å². The number of anilines is 2. The monoisotopic (exact) mass is 251 g/mol. The Morgan fingerprint density at radius 1 is 1.22 bits per heavy atom. The molecular weight excluding hydrogens is 226 g/mol. The third kappa shape index (κ3) is 5.31. The smallest absolute Gasteiger partial charge is 0.133 e. The van der Waals surface area contributed by atoms with Crippen LogP contribution in [-0.2, 0) is 0 Å². The zero-order valence-electron chi connectivity index (χ0n) is 11.7. The Kier molecular flexibility index (Phi) is 7.10. The van der Waals surface area contributed by atoms with E-state index in [1.807, 2.05) is 20.2 Å². The van der Waals surface area contributed by atoms with Crippen LogP contribution >= 0.6 is 0 Å². The Hall–Kier alpha value is -1.36. The Morgan fingerprint density at radius 2 is 2.06 bits per heavy atom. The highest BCUT2D eigenvalue weighted by molar-refractivity contribution is 5.47. The number of nitrogens with one attached hydrogen (secondary N) is 2. The maximum absolute atomic E-state index is 4.28. The Morgan fingerprint density at radius 3 is 2.78 bits per heavy atom. The SMILES string of the molecule is CCCCCNc1cc(N(C)CCNC)ncn1. The summed E-state index contributed by atoms with van der Waals surface area (Å²) in [7, 11) is 4.00. The Labute approximate surface area is 110 Å². The highest BCUT2D eigenvalue weighted by Crippen LogP contribution is 2.12. The molecule has 0 aliphatic carbocycles. The van der Waals surface area contributed by atoms with E-state index in [1.165, 1.54) is 19.3 Å². The van der Waals surface area contributed by atoms with Crippen molar-refractivity contribution >= 4 is 11.6 Å². The highest BCUT2D eigenvalue weighted by atomic mass is 15.2. The van der Waals surface area contributed by atoms with Crippen molar-refractivity contribution in [3.63, 3.8) is 0 Å². The molecule has 0 atom stereocenters. The Bertz CT molecular complexity index is 329. The first-order valence-electron chi connectivity index (χ1n) is 6.69. The van der Waals surface area contributed by atoms with Crippen molar-refractivity contribution in [3.05, 3.63) is 12.4 Å². The minimum atomic E-state index is 0.910. The molecule has 0 fully saturated rings. The normalized spacial score (nSPS) is 10.4. The summed E-state index contributed by atoms with van der Waals surface area (Å²) < 4.78 is 0. The van der Waals surface area contributed by atoms with Gasteiger partial charge in [-0.1, -0.05) is 19.8 Å². The molecule has 0 radical (unpaired) electrons. The van der Waals surface area contributed by atoms with Crippen molar-refractivity contribution in [3.8, 4) is 0 Å². The van der Waals surface area contributed by atoms with E-state index in [2.05, 4.69) is 32.4 Å². The van der Waals surface area contributed by atoms with Gasteiger partial charge in [0.05, 0.1) is 0 Å². The van der Waals surface area contributed by atoms with Crippen LogP contribution in [0.3, 0.4) is 0 Å². The highest BCUT2D eigenvalue weighted by Gasteiger charge is 2.03. The Balaban J connectivity index is 2.45. The number of rotatable bonds is 9. The second-order valence-corrected chi connectivity index (χ2v) is 4.42. The first-order valence-corrected chi connectivity index (χ1v) is 6.69. The summed E-state index contributed by atoms with van der Waals surface area (Å²) in [6.07, 6.45) is 5.30. The summed E-state index contributed by atoms with van der Waals surface area (Å²) in [5.74, 6) is 1.87. The molecule has 1 aromatic rings. The van der Waals surface area contributed by atoms with E-state index >= 15 is 0 Å². The summed E-state index contributed by atoms with van der Waals surface area (Å²) in [5, 5.41) is 6.47. The largest absolute Gasteiger partial charge is 0.370 e. The quantitative estimate of drug-likeness (QED) is 0.655. The van der Waals surface area contributed by atoms with Gasteiger partial charge in [0.15, 0.2) is 0 Å². The molecule has 0 amide bonds. The zero-order valence-corrected chi connectivity index (χ0v) is 11.7. The average molecular weight is 251 g/mol. The standard InChI is InChI=1S/C13H25N5/c1-4-5-6-7-15-12-10-13(17-11-16-12)18(3)9-8-14-2/h10-11,14H,4-9H2,1-3H3,(H,15,16,17). The third-order valence-corrected chi connectivity index (χ3v) is 2.83. The lowest BCUT2D eigenvalue weighted by Crippen LogP contribution is -2.27. The molecule has 0 aliphatic heterocycles. The van der Waals surface area contributed by atoms with Gasteiger partial charge >= 0.3 is 0 Å². The van der Waals surface area contributed by atoms with Crippen LogP contribution in [0.15, 0.2) is 12.4 Å². The zero-order chi connectivity index (χ0) is 13.2. The van der Waals surface area contributed by atoms with E-state index in [9.17, 15) is 0 Å². The van der Waals surface area contributed by atoms with Crippen LogP contribution in [0.4, 0.5) is 11.6 Å². The van der Waals surface area contributed by atoms with Crippen molar-refractivity contribution in [1.29, 1.82) is 0 Å². The second kappa shape index (κ2) is 8.69. The molecule has 1 heterocycles. The van der Waals surface area contributed by atoms with E-state index in [0.29, 0.717) is 0 Å². The lowest BCUT2D eigenvalue weighted by molar-refractivity contribution is 0.741. The number of aromatic nitrogens is 2. The van der Waals surface area contributed by atoms with E-state index in [1.54, 1.807) is 6.33 Å². The van der Waals surface area contributed by atoms with Gasteiger partial charge in [0.25, 0.3) is 0 Å². The molecule has 18 heavy (non-hydrogen) atoms. The molecular formula is C13H25N5. The lowest BCUT2D eigenvalue weighted by Gasteiger charge is -2.18. The molecule has 5 heteroatoms. The fraction of sp³-hybridized carbons (Fsp3) is 0.692. The molecule has 0 aromatic carbocycles. The van der Waals surface area contributed by atoms with Crippen molar-refractivity contribution in [1.82, 2.24) is 15.3 Å². The molecule has 0 unspecified atom stereocenters. The number of likely N-dealkylation sites (N-methyl/N-ethyl adjacent to an activating group) is 2. The van der Waals surface area contributed by atoms with Crippen LogP contribution in [0.2, 0.25) is 0 Å². The number of hydrogen-bond acceptors (Lipinski definition) is 5. The first-order chi connectivity index (χ1) is 8.77. The molecule has 0 aliphatic rings. The number of nitrogens with zero attached hydrogens (tertiary/aromatic N) is 3. The maximum atomic E-state index is 4.28. The molecule has 102 valence electrons. The minimum Gasteiger partial charge on any atom is -0.370 e. The minimum absolute atomic E-state index is 0.910. The van der Waals surface area contributed by atoms with Gasteiger partial charge in [-0.25, -0.2) is 9.97 Å². The average Bonchev–Trinajstić information content (AvgIpc) is 2.41. The maximum Gasteiger partial charge on any atom is 0.133 e. The summed E-state index contributed by atoms with van der Waals surface area (Å²) >= 11 is 0. The molecule has 1 aromatic heterocycles. The molecule has 2 N–H and O–H groups in total. The lowest BCUT2D eigenvalue weighted by atomic mass is 10.2. The van der Waals surface area contributed by atoms with Crippen LogP contribution in [0, 0.1) is 0 Å². The van der Waals surface area contributed by atoms with Crippen molar-refractivity contribution < 1.29 is 0 Å². The fourth-order valence-electron chi connectivity index (χ4n) is 1.64. The molecule has 0 saturated heterocycles. The summed E-state index contributed by atoms with van der Waals surface area (Å²) in [6, 6.07) is 2.00. The van der Waals surface area contributed by atoms with Gasteiger partial charge in [-0.15, -0.1) is 0 Å². The van der Waals surface area contributed by atoms with Crippen LogP contribution < -0.4 is 15.5 Å². The van der Waals surface area contributed by atoms with Crippen LogP contribution in [0.25, 0.3) is 0 Å².